The second-order valence-corrected chi connectivity index (χ2v) is 8.49. The van der Waals surface area contributed by atoms with Crippen molar-refractivity contribution in [3.8, 4) is 11.5 Å². The number of carbonyl (C=O) groups excluding carboxylic acids is 3. The number of imide groups is 1. The average molecular weight is 488 g/mol. The van der Waals surface area contributed by atoms with Crippen LogP contribution >= 0.6 is 0 Å². The smallest absolute Gasteiger partial charge is 0.339 e. The zero-order valence-corrected chi connectivity index (χ0v) is 19.8. The van der Waals surface area contributed by atoms with Gasteiger partial charge in [-0.05, 0) is 60.2 Å². The summed E-state index contributed by atoms with van der Waals surface area (Å²) in [5, 5.41) is 5.35. The molecule has 1 aliphatic heterocycles. The van der Waals surface area contributed by atoms with Crippen molar-refractivity contribution < 1.29 is 28.6 Å². The van der Waals surface area contributed by atoms with Gasteiger partial charge in [0.1, 0.15) is 0 Å². The molecule has 5 rings (SSSR count). The lowest BCUT2D eigenvalue weighted by atomic mass is 10.0. The van der Waals surface area contributed by atoms with Crippen molar-refractivity contribution in [3.63, 3.8) is 0 Å². The third-order valence-electron chi connectivity index (χ3n) is 6.01. The van der Waals surface area contributed by atoms with E-state index in [1.807, 2.05) is 55.5 Å². The minimum absolute atomic E-state index is 0.207. The number of fused-ring (bicyclic) bond motifs is 3. The fraction of sp³-hybridized carbons (Fsp3) is 0.259. The number of urea groups is 1. The summed E-state index contributed by atoms with van der Waals surface area (Å²) in [4.78, 5) is 41.8. The number of pyridine rings is 1. The molecule has 2 N–H and O–H groups in total. The van der Waals surface area contributed by atoms with Crippen LogP contribution in [0.25, 0.3) is 22.6 Å². The Bertz CT molecular complexity index is 1400. The number of para-hydroxylation sites is 1. The monoisotopic (exact) mass is 487 g/mol. The van der Waals surface area contributed by atoms with E-state index in [2.05, 4.69) is 10.6 Å². The van der Waals surface area contributed by atoms with Gasteiger partial charge < -0.3 is 19.5 Å². The number of hydrogen-bond acceptors (Lipinski definition) is 7. The maximum atomic E-state index is 13.2. The lowest BCUT2D eigenvalue weighted by Gasteiger charge is -2.12. The van der Waals surface area contributed by atoms with E-state index in [1.165, 1.54) is 0 Å². The van der Waals surface area contributed by atoms with E-state index in [0.717, 1.165) is 28.8 Å². The number of rotatable bonds is 6. The topological polar surface area (TPSA) is 116 Å². The van der Waals surface area contributed by atoms with E-state index in [9.17, 15) is 14.4 Å². The molecule has 184 valence electrons. The lowest BCUT2D eigenvalue weighted by molar-refractivity contribution is -0.123. The molecule has 0 unspecified atom stereocenters. The molecule has 1 aromatic heterocycles. The van der Waals surface area contributed by atoms with Crippen LogP contribution in [0.15, 0.2) is 42.5 Å². The second kappa shape index (κ2) is 10.1. The maximum absolute atomic E-state index is 13.2. The van der Waals surface area contributed by atoms with Gasteiger partial charge in [-0.3, -0.25) is 10.1 Å². The number of amides is 3. The Labute approximate surface area is 207 Å². The summed E-state index contributed by atoms with van der Waals surface area (Å²) in [6, 6.07) is 12.5. The number of esters is 1. The van der Waals surface area contributed by atoms with Gasteiger partial charge in [0.25, 0.3) is 5.91 Å². The van der Waals surface area contributed by atoms with Gasteiger partial charge in [0.15, 0.2) is 18.1 Å². The Kier molecular flexibility index (Phi) is 6.53. The van der Waals surface area contributed by atoms with Crippen LogP contribution in [0.5, 0.6) is 11.5 Å². The van der Waals surface area contributed by atoms with E-state index in [0.29, 0.717) is 47.4 Å². The first-order valence-corrected chi connectivity index (χ1v) is 11.8. The van der Waals surface area contributed by atoms with Crippen molar-refractivity contribution >= 4 is 40.5 Å². The zero-order chi connectivity index (χ0) is 25.1. The normalized spacial score (nSPS) is 14.5. The summed E-state index contributed by atoms with van der Waals surface area (Å²) >= 11 is 0. The van der Waals surface area contributed by atoms with Crippen LogP contribution in [0.4, 0.5) is 4.79 Å². The van der Waals surface area contributed by atoms with Crippen molar-refractivity contribution in [2.75, 3.05) is 19.9 Å². The molecular weight excluding hydrogens is 462 g/mol. The highest BCUT2D eigenvalue weighted by Gasteiger charge is 2.28. The molecule has 3 aromatic rings. The first-order chi connectivity index (χ1) is 17.5. The van der Waals surface area contributed by atoms with Crippen LogP contribution in [0.2, 0.25) is 0 Å². The predicted octanol–water partition coefficient (Wildman–Crippen LogP) is 3.84. The van der Waals surface area contributed by atoms with Crippen LogP contribution in [0.1, 0.15) is 46.9 Å². The molecule has 9 heteroatoms. The first-order valence-electron chi connectivity index (χ1n) is 11.8. The molecule has 9 nitrogen and oxygen atoms in total. The molecule has 0 fully saturated rings. The van der Waals surface area contributed by atoms with Crippen LogP contribution in [-0.2, 0) is 16.0 Å². The third-order valence-corrected chi connectivity index (χ3v) is 6.01. The molecule has 36 heavy (non-hydrogen) atoms. The van der Waals surface area contributed by atoms with Crippen molar-refractivity contribution in [1.29, 1.82) is 0 Å². The highest BCUT2D eigenvalue weighted by molar-refractivity contribution is 6.08. The molecule has 2 aromatic carbocycles. The van der Waals surface area contributed by atoms with Gasteiger partial charge in [-0.15, -0.1) is 0 Å². The summed E-state index contributed by atoms with van der Waals surface area (Å²) in [6.45, 7) is 1.98. The Morgan fingerprint density at radius 1 is 1.08 bits per heavy atom. The van der Waals surface area contributed by atoms with Crippen molar-refractivity contribution in [2.45, 2.75) is 26.2 Å². The van der Waals surface area contributed by atoms with Crippen LogP contribution in [0, 0.1) is 0 Å². The quantitative estimate of drug-likeness (QED) is 0.508. The molecule has 0 spiro atoms. The number of allylic oxidation sites excluding steroid dienone is 1. The molecule has 0 saturated carbocycles. The van der Waals surface area contributed by atoms with Crippen LogP contribution < -0.4 is 20.1 Å². The van der Waals surface area contributed by atoms with Gasteiger partial charge in [-0.2, -0.15) is 0 Å². The van der Waals surface area contributed by atoms with Gasteiger partial charge in [-0.1, -0.05) is 31.2 Å². The SMILES string of the molecule is CCCNC(=O)NC(=O)COC(=O)c1c2c(nc3ccccc13)/C(=C/c1ccc3c(c1)OCO3)CC2. The first kappa shape index (κ1) is 23.3. The highest BCUT2D eigenvalue weighted by atomic mass is 16.7. The number of nitrogens with zero attached hydrogens (tertiary/aromatic N) is 1. The fourth-order valence-electron chi connectivity index (χ4n) is 4.36. The minimum Gasteiger partial charge on any atom is -0.454 e. The Morgan fingerprint density at radius 2 is 1.92 bits per heavy atom. The van der Waals surface area contributed by atoms with E-state index >= 15 is 0 Å². The molecule has 2 aliphatic rings. The number of nitrogens with one attached hydrogen (secondary N) is 2. The number of hydrogen-bond donors (Lipinski definition) is 2. The molecule has 0 atom stereocenters. The molecule has 1 aliphatic carbocycles. The Hall–Kier alpha value is -4.40. The van der Waals surface area contributed by atoms with Crippen LogP contribution in [-0.4, -0.2) is 42.8 Å². The highest BCUT2D eigenvalue weighted by Crippen LogP contribution is 2.39. The largest absolute Gasteiger partial charge is 0.454 e. The number of benzene rings is 2. The van der Waals surface area contributed by atoms with E-state index in [4.69, 9.17) is 19.2 Å². The molecule has 0 saturated heterocycles. The summed E-state index contributed by atoms with van der Waals surface area (Å²) in [7, 11) is 0. The molecule has 0 bridgehead atoms. The van der Waals surface area contributed by atoms with Crippen molar-refractivity contribution in [1.82, 2.24) is 15.6 Å². The van der Waals surface area contributed by atoms with Gasteiger partial charge in [0.2, 0.25) is 6.79 Å². The lowest BCUT2D eigenvalue weighted by Crippen LogP contribution is -2.41. The van der Waals surface area contributed by atoms with E-state index in [1.54, 1.807) is 0 Å². The Balaban J connectivity index is 1.41. The van der Waals surface area contributed by atoms with Gasteiger partial charge in [-0.25, -0.2) is 14.6 Å². The fourth-order valence-corrected chi connectivity index (χ4v) is 4.36. The number of ether oxygens (including phenoxy) is 3. The number of carbonyl (C=O) groups is 3. The summed E-state index contributed by atoms with van der Waals surface area (Å²) in [5.74, 6) is 0.0820. The molecular formula is C27H25N3O6. The summed E-state index contributed by atoms with van der Waals surface area (Å²) < 4.78 is 16.2. The van der Waals surface area contributed by atoms with Gasteiger partial charge >= 0.3 is 12.0 Å². The molecule has 0 radical (unpaired) electrons. The predicted molar refractivity (Wildman–Crippen MR) is 133 cm³/mol. The van der Waals surface area contributed by atoms with E-state index < -0.39 is 24.5 Å². The third kappa shape index (κ3) is 4.72. The van der Waals surface area contributed by atoms with Crippen molar-refractivity contribution in [2.24, 2.45) is 0 Å². The van der Waals surface area contributed by atoms with Gasteiger partial charge in [0, 0.05) is 11.9 Å². The molecule has 2 heterocycles. The minimum atomic E-state index is -0.699. The Morgan fingerprint density at radius 3 is 2.78 bits per heavy atom. The zero-order valence-electron chi connectivity index (χ0n) is 19.8. The maximum Gasteiger partial charge on any atom is 0.339 e. The van der Waals surface area contributed by atoms with Crippen LogP contribution in [0.3, 0.4) is 0 Å². The second-order valence-electron chi connectivity index (χ2n) is 8.49. The average Bonchev–Trinajstić information content (AvgIpc) is 3.51. The summed E-state index contributed by atoms with van der Waals surface area (Å²) in [5.41, 5.74) is 4.51. The summed E-state index contributed by atoms with van der Waals surface area (Å²) in [6.07, 6.45) is 4.08. The standard InChI is InChI=1S/C27H25N3O6/c1-2-11-28-27(33)30-23(31)14-34-26(32)24-18-5-3-4-6-20(18)29-25-17(8-9-19(24)25)12-16-7-10-21-22(13-16)36-15-35-21/h3-7,10,12-13H,2,8-9,11,14-15H2,1H3,(H2,28,30,31,33)/b17-12+. The van der Waals surface area contributed by atoms with E-state index in [-0.39, 0.29) is 6.79 Å². The number of aromatic nitrogens is 1. The van der Waals surface area contributed by atoms with Gasteiger partial charge in [0.05, 0.1) is 16.8 Å². The molecule has 3 amide bonds. The van der Waals surface area contributed by atoms with Crippen molar-refractivity contribution in [3.05, 3.63) is 64.8 Å².